The molecule has 2 heterocycles. The van der Waals surface area contributed by atoms with E-state index in [1.165, 1.54) is 11.8 Å². The lowest BCUT2D eigenvalue weighted by atomic mass is 10.1. The molecular weight excluding hydrogens is 464 g/mol. The zero-order valence-electron chi connectivity index (χ0n) is 20.2. The Labute approximate surface area is 209 Å². The van der Waals surface area contributed by atoms with Crippen molar-refractivity contribution in [3.63, 3.8) is 0 Å². The quantitative estimate of drug-likeness (QED) is 0.439. The van der Waals surface area contributed by atoms with Gasteiger partial charge in [0.25, 0.3) is 5.91 Å². The maximum absolute atomic E-state index is 12.6. The topological polar surface area (TPSA) is 85.7 Å². The molecule has 2 aromatic carbocycles. The third-order valence-corrected chi connectivity index (χ3v) is 6.76. The van der Waals surface area contributed by atoms with Crippen molar-refractivity contribution < 1.29 is 19.1 Å². The number of anilines is 1. The fourth-order valence-corrected chi connectivity index (χ4v) is 4.77. The first-order valence-electron chi connectivity index (χ1n) is 11.8. The van der Waals surface area contributed by atoms with Crippen LogP contribution in [-0.2, 0) is 11.3 Å². The molecule has 1 N–H and O–H groups in total. The third-order valence-electron chi connectivity index (χ3n) is 5.77. The Morgan fingerprint density at radius 1 is 1.03 bits per heavy atom. The average Bonchev–Trinajstić information content (AvgIpc) is 3.31. The molecule has 0 fully saturated rings. The summed E-state index contributed by atoms with van der Waals surface area (Å²) in [5.74, 6) is 1.56. The predicted molar refractivity (Wildman–Crippen MR) is 137 cm³/mol. The predicted octanol–water partition coefficient (Wildman–Crippen LogP) is 4.55. The minimum atomic E-state index is -0.135. The van der Waals surface area contributed by atoms with Gasteiger partial charge >= 0.3 is 0 Å². The molecule has 0 saturated heterocycles. The monoisotopic (exact) mass is 494 g/mol. The van der Waals surface area contributed by atoms with Gasteiger partial charge < -0.3 is 24.3 Å². The number of rotatable bonds is 9. The molecule has 1 aromatic heterocycles. The van der Waals surface area contributed by atoms with Gasteiger partial charge in [-0.2, -0.15) is 0 Å². The summed E-state index contributed by atoms with van der Waals surface area (Å²) < 4.78 is 13.4. The van der Waals surface area contributed by atoms with Crippen molar-refractivity contribution in [1.29, 1.82) is 0 Å². The van der Waals surface area contributed by atoms with Crippen LogP contribution in [0, 0.1) is 0 Å². The number of nitrogens with zero attached hydrogens (tertiary/aromatic N) is 3. The number of aromatic nitrogens is 2. The van der Waals surface area contributed by atoms with Crippen molar-refractivity contribution in [2.24, 2.45) is 0 Å². The van der Waals surface area contributed by atoms with Crippen molar-refractivity contribution in [3.8, 4) is 22.8 Å². The van der Waals surface area contributed by atoms with E-state index in [4.69, 9.17) is 9.47 Å². The van der Waals surface area contributed by atoms with Crippen LogP contribution >= 0.6 is 11.8 Å². The molecule has 8 nitrogen and oxygen atoms in total. The Balaban J connectivity index is 1.38. The van der Waals surface area contributed by atoms with Gasteiger partial charge in [0.05, 0.1) is 17.6 Å². The summed E-state index contributed by atoms with van der Waals surface area (Å²) in [6.45, 7) is 9.09. The highest BCUT2D eigenvalue weighted by Gasteiger charge is 2.17. The summed E-state index contributed by atoms with van der Waals surface area (Å²) in [7, 11) is 0. The normalized spacial score (nSPS) is 12.3. The van der Waals surface area contributed by atoms with E-state index in [0.29, 0.717) is 37.6 Å². The van der Waals surface area contributed by atoms with Gasteiger partial charge in [-0.25, -0.2) is 4.98 Å². The molecule has 0 saturated carbocycles. The van der Waals surface area contributed by atoms with E-state index in [1.54, 1.807) is 29.2 Å². The standard InChI is InChI=1S/C26H30N4O4S/c1-4-29(5-2)25(32)18-7-10-20(11-8-18)28-24(31)17-35-26-27-16-21(30(26)6-3)19-9-12-22-23(15-19)34-14-13-33-22/h7-12,15-16H,4-6,13-14,17H2,1-3H3,(H,28,31). The summed E-state index contributed by atoms with van der Waals surface area (Å²) in [6.07, 6.45) is 1.82. The fraction of sp³-hybridized carbons (Fsp3) is 0.346. The van der Waals surface area contributed by atoms with Crippen LogP contribution in [0.2, 0.25) is 0 Å². The molecule has 0 unspecified atom stereocenters. The molecule has 2 amide bonds. The molecular formula is C26H30N4O4S. The molecule has 0 bridgehead atoms. The van der Waals surface area contributed by atoms with Crippen LogP contribution in [0.5, 0.6) is 11.5 Å². The Morgan fingerprint density at radius 3 is 2.43 bits per heavy atom. The number of benzene rings is 2. The molecule has 9 heteroatoms. The zero-order valence-corrected chi connectivity index (χ0v) is 21.1. The van der Waals surface area contributed by atoms with Gasteiger partial charge in [0, 0.05) is 36.4 Å². The Morgan fingerprint density at radius 2 is 1.74 bits per heavy atom. The van der Waals surface area contributed by atoms with Crippen LogP contribution in [0.25, 0.3) is 11.3 Å². The lowest BCUT2D eigenvalue weighted by Gasteiger charge is -2.19. The fourth-order valence-electron chi connectivity index (χ4n) is 3.93. The maximum Gasteiger partial charge on any atom is 0.253 e. The highest BCUT2D eigenvalue weighted by molar-refractivity contribution is 7.99. The van der Waals surface area contributed by atoms with Crippen LogP contribution < -0.4 is 14.8 Å². The minimum Gasteiger partial charge on any atom is -0.486 e. The molecule has 0 atom stereocenters. The molecule has 3 aromatic rings. The molecule has 35 heavy (non-hydrogen) atoms. The number of nitrogens with one attached hydrogen (secondary N) is 1. The van der Waals surface area contributed by atoms with E-state index in [2.05, 4.69) is 14.9 Å². The third kappa shape index (κ3) is 5.62. The van der Waals surface area contributed by atoms with E-state index < -0.39 is 0 Å². The molecule has 184 valence electrons. The number of ether oxygens (including phenoxy) is 2. The Kier molecular flexibility index (Phi) is 7.97. The summed E-state index contributed by atoms with van der Waals surface area (Å²) in [6, 6.07) is 12.9. The van der Waals surface area contributed by atoms with Gasteiger partial charge in [-0.1, -0.05) is 11.8 Å². The minimum absolute atomic E-state index is 0.0105. The summed E-state index contributed by atoms with van der Waals surface area (Å²) in [5, 5.41) is 3.66. The number of carbonyl (C=O) groups is 2. The molecule has 1 aliphatic rings. The number of fused-ring (bicyclic) bond motifs is 1. The van der Waals surface area contributed by atoms with Gasteiger partial charge in [-0.05, 0) is 63.2 Å². The first kappa shape index (κ1) is 24.7. The second-order valence-electron chi connectivity index (χ2n) is 7.92. The van der Waals surface area contributed by atoms with Crippen molar-refractivity contribution in [2.75, 3.05) is 37.4 Å². The van der Waals surface area contributed by atoms with Gasteiger partial charge in [0.2, 0.25) is 5.91 Å². The molecule has 4 rings (SSSR count). The van der Waals surface area contributed by atoms with Crippen LogP contribution in [-0.4, -0.2) is 58.3 Å². The Hall–Kier alpha value is -3.46. The lowest BCUT2D eigenvalue weighted by molar-refractivity contribution is -0.113. The van der Waals surface area contributed by atoms with Crippen LogP contribution in [0.4, 0.5) is 5.69 Å². The highest BCUT2D eigenvalue weighted by Crippen LogP contribution is 2.35. The van der Waals surface area contributed by atoms with E-state index in [-0.39, 0.29) is 17.6 Å². The summed E-state index contributed by atoms with van der Waals surface area (Å²) >= 11 is 1.38. The average molecular weight is 495 g/mol. The largest absolute Gasteiger partial charge is 0.486 e. The van der Waals surface area contributed by atoms with E-state index in [0.717, 1.165) is 34.5 Å². The molecule has 0 radical (unpaired) electrons. The van der Waals surface area contributed by atoms with E-state index in [1.807, 2.05) is 45.2 Å². The van der Waals surface area contributed by atoms with Gasteiger partial charge in [-0.3, -0.25) is 9.59 Å². The van der Waals surface area contributed by atoms with Gasteiger partial charge in [0.15, 0.2) is 16.7 Å². The van der Waals surface area contributed by atoms with Crippen LogP contribution in [0.1, 0.15) is 31.1 Å². The maximum atomic E-state index is 12.6. The molecule has 1 aliphatic heterocycles. The lowest BCUT2D eigenvalue weighted by Crippen LogP contribution is -2.30. The number of amides is 2. The van der Waals surface area contributed by atoms with Crippen molar-refractivity contribution >= 4 is 29.3 Å². The number of hydrogen-bond acceptors (Lipinski definition) is 6. The van der Waals surface area contributed by atoms with Gasteiger partial charge in [0.1, 0.15) is 13.2 Å². The zero-order chi connectivity index (χ0) is 24.8. The van der Waals surface area contributed by atoms with Crippen LogP contribution in [0.3, 0.4) is 0 Å². The number of imidazole rings is 1. The van der Waals surface area contributed by atoms with Crippen LogP contribution in [0.15, 0.2) is 53.8 Å². The molecule has 0 aliphatic carbocycles. The number of carbonyl (C=O) groups excluding carboxylic acids is 2. The summed E-state index contributed by atoms with van der Waals surface area (Å²) in [4.78, 5) is 31.3. The van der Waals surface area contributed by atoms with E-state index in [9.17, 15) is 9.59 Å². The SMILES string of the molecule is CCN(CC)C(=O)c1ccc(NC(=O)CSc2ncc(-c3ccc4c(c3)OCCO4)n2CC)cc1. The van der Waals surface area contributed by atoms with Crippen molar-refractivity contribution in [2.45, 2.75) is 32.5 Å². The smallest absolute Gasteiger partial charge is 0.253 e. The number of thioether (sulfide) groups is 1. The van der Waals surface area contributed by atoms with E-state index >= 15 is 0 Å². The van der Waals surface area contributed by atoms with Gasteiger partial charge in [-0.15, -0.1) is 0 Å². The molecule has 0 spiro atoms. The van der Waals surface area contributed by atoms with Crippen molar-refractivity contribution in [1.82, 2.24) is 14.5 Å². The summed E-state index contributed by atoms with van der Waals surface area (Å²) in [5.41, 5.74) is 3.21. The second kappa shape index (κ2) is 11.3. The Bertz CT molecular complexity index is 1190. The number of hydrogen-bond donors (Lipinski definition) is 1. The van der Waals surface area contributed by atoms with Crippen molar-refractivity contribution in [3.05, 3.63) is 54.2 Å². The highest BCUT2D eigenvalue weighted by atomic mass is 32.2. The first-order chi connectivity index (χ1) is 17.0. The first-order valence-corrected chi connectivity index (χ1v) is 12.8. The second-order valence-corrected chi connectivity index (χ2v) is 8.86.